The van der Waals surface area contributed by atoms with Crippen LogP contribution in [-0.4, -0.2) is 38.7 Å². The molecule has 0 aliphatic heterocycles. The maximum atomic E-state index is 12.4. The van der Waals surface area contributed by atoms with Gasteiger partial charge in [0.2, 0.25) is 5.91 Å². The van der Waals surface area contributed by atoms with E-state index in [2.05, 4.69) is 26.5 Å². The zero-order valence-corrected chi connectivity index (χ0v) is 18.0. The normalized spacial score (nSPS) is 13.0. The molecule has 3 aromatic heterocycles. The third-order valence-corrected chi connectivity index (χ3v) is 5.74. The number of carbonyl (C=O) groups excluding carboxylic acids is 2. The van der Waals surface area contributed by atoms with Crippen LogP contribution >= 0.6 is 0 Å². The molecule has 0 radical (unpaired) electrons. The van der Waals surface area contributed by atoms with Crippen molar-refractivity contribution in [2.45, 2.75) is 12.8 Å². The Labute approximate surface area is 189 Å². The molecule has 0 saturated heterocycles. The van der Waals surface area contributed by atoms with Gasteiger partial charge in [0.15, 0.2) is 5.82 Å². The predicted octanol–water partition coefficient (Wildman–Crippen LogP) is 3.64. The number of pyridine rings is 1. The number of carbonyl (C=O) groups is 2. The molecule has 1 aliphatic carbocycles. The highest BCUT2D eigenvalue weighted by Crippen LogP contribution is 2.36. The third-order valence-electron chi connectivity index (χ3n) is 5.74. The predicted molar refractivity (Wildman–Crippen MR) is 121 cm³/mol. The molecule has 1 fully saturated rings. The van der Waals surface area contributed by atoms with Gasteiger partial charge in [0.25, 0.3) is 0 Å². The Morgan fingerprint density at radius 1 is 1.27 bits per heavy atom. The molecule has 1 amide bonds. The van der Waals surface area contributed by atoms with Crippen molar-refractivity contribution in [3.8, 4) is 28.5 Å². The highest BCUT2D eigenvalue weighted by molar-refractivity contribution is 6.10. The summed E-state index contributed by atoms with van der Waals surface area (Å²) in [7, 11) is 3.12. The van der Waals surface area contributed by atoms with Crippen molar-refractivity contribution in [1.29, 1.82) is 5.26 Å². The highest BCUT2D eigenvalue weighted by atomic mass is 16.5. The van der Waals surface area contributed by atoms with Gasteiger partial charge in [0.1, 0.15) is 6.07 Å². The molecule has 1 aliphatic rings. The number of amides is 1. The number of esters is 1. The van der Waals surface area contributed by atoms with Crippen LogP contribution < -0.4 is 5.32 Å². The van der Waals surface area contributed by atoms with Crippen LogP contribution in [0.25, 0.3) is 33.3 Å². The number of nitriles is 1. The number of hydrogen-bond acceptors (Lipinski definition) is 6. The summed E-state index contributed by atoms with van der Waals surface area (Å²) in [6.07, 6.45) is 6.66. The van der Waals surface area contributed by atoms with Crippen molar-refractivity contribution >= 4 is 28.6 Å². The summed E-state index contributed by atoms with van der Waals surface area (Å²) >= 11 is 0. The van der Waals surface area contributed by atoms with Crippen molar-refractivity contribution in [2.24, 2.45) is 13.0 Å². The Morgan fingerprint density at radius 2 is 2.06 bits per heavy atom. The lowest BCUT2D eigenvalue weighted by atomic mass is 9.96. The Balaban J connectivity index is 1.68. The molecule has 4 aromatic rings. The molecule has 5 rings (SSSR count). The van der Waals surface area contributed by atoms with Gasteiger partial charge < -0.3 is 15.0 Å². The summed E-state index contributed by atoms with van der Waals surface area (Å²) in [4.78, 5) is 32.3. The second-order valence-corrected chi connectivity index (χ2v) is 7.99. The smallest absolute Gasteiger partial charge is 0.340 e. The highest BCUT2D eigenvalue weighted by Gasteiger charge is 2.30. The average Bonchev–Trinajstić information content (AvgIpc) is 3.44. The van der Waals surface area contributed by atoms with Gasteiger partial charge in [0.05, 0.1) is 30.0 Å². The minimum atomic E-state index is -0.539. The lowest BCUT2D eigenvalue weighted by molar-refractivity contribution is -0.117. The summed E-state index contributed by atoms with van der Waals surface area (Å²) in [6, 6.07) is 9.63. The fourth-order valence-corrected chi connectivity index (χ4v) is 3.89. The second-order valence-electron chi connectivity index (χ2n) is 7.99. The number of rotatable bonds is 5. The van der Waals surface area contributed by atoms with E-state index >= 15 is 0 Å². The van der Waals surface area contributed by atoms with Crippen LogP contribution in [0.15, 0.2) is 42.9 Å². The number of nitrogens with zero attached hydrogens (tertiary/aromatic N) is 4. The van der Waals surface area contributed by atoms with Crippen LogP contribution in [0, 0.1) is 17.2 Å². The van der Waals surface area contributed by atoms with Crippen molar-refractivity contribution < 1.29 is 14.3 Å². The number of ether oxygens (including phenoxy) is 1. The molecule has 0 atom stereocenters. The van der Waals surface area contributed by atoms with E-state index in [1.807, 2.05) is 31.4 Å². The van der Waals surface area contributed by atoms with Crippen LogP contribution in [-0.2, 0) is 16.6 Å². The first-order valence-electron chi connectivity index (χ1n) is 10.4. The van der Waals surface area contributed by atoms with E-state index in [4.69, 9.17) is 4.74 Å². The minimum Gasteiger partial charge on any atom is -0.465 e. The van der Waals surface area contributed by atoms with Crippen LogP contribution in [0.5, 0.6) is 0 Å². The average molecular weight is 440 g/mol. The zero-order chi connectivity index (χ0) is 23.1. The van der Waals surface area contributed by atoms with Crippen LogP contribution in [0.4, 0.5) is 5.82 Å². The molecule has 164 valence electrons. The van der Waals surface area contributed by atoms with Crippen molar-refractivity contribution in [1.82, 2.24) is 19.7 Å². The van der Waals surface area contributed by atoms with Crippen molar-refractivity contribution in [3.05, 3.63) is 54.0 Å². The number of H-pyrrole nitrogens is 1. The van der Waals surface area contributed by atoms with E-state index in [0.29, 0.717) is 33.5 Å². The van der Waals surface area contributed by atoms with Crippen LogP contribution in [0.3, 0.4) is 0 Å². The van der Waals surface area contributed by atoms with E-state index in [-0.39, 0.29) is 17.4 Å². The first-order valence-corrected chi connectivity index (χ1v) is 10.4. The monoisotopic (exact) mass is 440 g/mol. The van der Waals surface area contributed by atoms with E-state index in [9.17, 15) is 14.9 Å². The fraction of sp³-hybridized carbons (Fsp3) is 0.208. The summed E-state index contributed by atoms with van der Waals surface area (Å²) in [6.45, 7) is 0. The Hall–Kier alpha value is -4.45. The number of methoxy groups -OCH3 is 1. The standard InChI is InChI=1S/C24H20N6O3/c1-30-12-14(10-27-30)15-4-3-5-16(18(15)9-25)20-8-17-19(24(32)33-2)11-26-22(21(17)28-20)29-23(31)13-6-7-13/h3-5,8,10-13,28H,6-7H2,1-2H3,(H,26,29,31). The minimum absolute atomic E-state index is 0.00192. The van der Waals surface area contributed by atoms with Gasteiger partial charge in [0, 0.05) is 53.1 Å². The van der Waals surface area contributed by atoms with Gasteiger partial charge in [-0.1, -0.05) is 18.2 Å². The lowest BCUT2D eigenvalue weighted by Crippen LogP contribution is -2.15. The number of fused-ring (bicyclic) bond motifs is 1. The van der Waals surface area contributed by atoms with Gasteiger partial charge in [-0.15, -0.1) is 0 Å². The van der Waals surface area contributed by atoms with Gasteiger partial charge in [-0.05, 0) is 18.9 Å². The maximum Gasteiger partial charge on any atom is 0.340 e. The van der Waals surface area contributed by atoms with Gasteiger partial charge in [-0.25, -0.2) is 9.78 Å². The maximum absolute atomic E-state index is 12.4. The van der Waals surface area contributed by atoms with E-state index in [0.717, 1.165) is 24.0 Å². The summed E-state index contributed by atoms with van der Waals surface area (Å²) in [5.74, 6) is -0.301. The number of aromatic amines is 1. The summed E-state index contributed by atoms with van der Waals surface area (Å²) < 4.78 is 6.59. The number of aryl methyl sites for hydroxylation is 1. The molecule has 0 bridgehead atoms. The first kappa shape index (κ1) is 20.5. The number of anilines is 1. The third kappa shape index (κ3) is 3.61. The van der Waals surface area contributed by atoms with E-state index < -0.39 is 5.97 Å². The van der Waals surface area contributed by atoms with Gasteiger partial charge >= 0.3 is 5.97 Å². The van der Waals surface area contributed by atoms with Crippen LogP contribution in [0.1, 0.15) is 28.8 Å². The Bertz CT molecular complexity index is 1450. The quantitative estimate of drug-likeness (QED) is 0.457. The van der Waals surface area contributed by atoms with E-state index in [1.165, 1.54) is 13.3 Å². The zero-order valence-electron chi connectivity index (χ0n) is 18.0. The summed E-state index contributed by atoms with van der Waals surface area (Å²) in [5.41, 5.74) is 4.07. The molecule has 9 heteroatoms. The number of aromatic nitrogens is 4. The Morgan fingerprint density at radius 3 is 2.73 bits per heavy atom. The molecule has 3 heterocycles. The molecule has 1 aromatic carbocycles. The number of nitrogens with one attached hydrogen (secondary N) is 2. The Kier molecular flexibility index (Phi) is 4.90. The molecule has 2 N–H and O–H groups in total. The molecular formula is C24H20N6O3. The lowest BCUT2D eigenvalue weighted by Gasteiger charge is -2.07. The second kappa shape index (κ2) is 7.91. The first-order chi connectivity index (χ1) is 16.0. The summed E-state index contributed by atoms with van der Waals surface area (Å²) in [5, 5.41) is 17.6. The van der Waals surface area contributed by atoms with E-state index in [1.54, 1.807) is 16.9 Å². The number of benzene rings is 1. The largest absolute Gasteiger partial charge is 0.465 e. The molecule has 9 nitrogen and oxygen atoms in total. The molecule has 0 unspecified atom stereocenters. The molecule has 33 heavy (non-hydrogen) atoms. The fourth-order valence-electron chi connectivity index (χ4n) is 3.89. The topological polar surface area (TPSA) is 126 Å². The van der Waals surface area contributed by atoms with Gasteiger partial charge in [-0.3, -0.25) is 9.48 Å². The SMILES string of the molecule is COC(=O)c1cnc(NC(=O)C2CC2)c2[nH]c(-c3cccc(-c4cnn(C)c4)c3C#N)cc12. The van der Waals surface area contributed by atoms with Crippen molar-refractivity contribution in [2.75, 3.05) is 12.4 Å². The molecule has 1 saturated carbocycles. The molecular weight excluding hydrogens is 420 g/mol. The van der Waals surface area contributed by atoms with Gasteiger partial charge in [-0.2, -0.15) is 10.4 Å². The molecule has 0 spiro atoms. The van der Waals surface area contributed by atoms with Crippen molar-refractivity contribution in [3.63, 3.8) is 0 Å². The number of hydrogen-bond donors (Lipinski definition) is 2. The van der Waals surface area contributed by atoms with Crippen LogP contribution in [0.2, 0.25) is 0 Å².